The fourth-order valence-electron chi connectivity index (χ4n) is 1.99. The Bertz CT molecular complexity index is 385. The average Bonchev–Trinajstić information content (AvgIpc) is 2.43. The van der Waals surface area contributed by atoms with Crippen molar-refractivity contribution >= 4 is 11.6 Å². The van der Waals surface area contributed by atoms with Crippen molar-refractivity contribution < 1.29 is 9.47 Å². The van der Waals surface area contributed by atoms with Crippen LogP contribution in [0.2, 0.25) is 5.02 Å². The van der Waals surface area contributed by atoms with E-state index in [1.165, 1.54) is 11.1 Å². The minimum Gasteiger partial charge on any atom is -0.382 e. The van der Waals surface area contributed by atoms with Crippen LogP contribution < -0.4 is 5.32 Å². The standard InChI is InChI=1S/C16H26ClNO2/c1-4-7-18-15(12-20-9-8-19-3)11-14-6-5-13(2)10-16(14)17/h5-6,10,15,18H,4,7-9,11-12H2,1-3H3. The molecular formula is C16H26ClNO2. The van der Waals surface area contributed by atoms with Crippen molar-refractivity contribution in [2.75, 3.05) is 33.5 Å². The lowest BCUT2D eigenvalue weighted by molar-refractivity contribution is 0.0587. The van der Waals surface area contributed by atoms with Crippen LogP contribution in [0.25, 0.3) is 0 Å². The highest BCUT2D eigenvalue weighted by atomic mass is 35.5. The van der Waals surface area contributed by atoms with Gasteiger partial charge in [-0.3, -0.25) is 0 Å². The predicted octanol–water partition coefficient (Wildman–Crippen LogP) is 3.22. The summed E-state index contributed by atoms with van der Waals surface area (Å²) < 4.78 is 10.6. The summed E-state index contributed by atoms with van der Waals surface area (Å²) in [5.74, 6) is 0. The van der Waals surface area contributed by atoms with Gasteiger partial charge in [-0.25, -0.2) is 0 Å². The molecule has 0 amide bonds. The Balaban J connectivity index is 2.53. The van der Waals surface area contributed by atoms with E-state index >= 15 is 0 Å². The largest absolute Gasteiger partial charge is 0.382 e. The van der Waals surface area contributed by atoms with Crippen LogP contribution in [0, 0.1) is 6.92 Å². The first-order valence-corrected chi connectivity index (χ1v) is 7.60. The van der Waals surface area contributed by atoms with E-state index in [1.807, 2.05) is 6.07 Å². The number of halogens is 1. The number of rotatable bonds is 10. The quantitative estimate of drug-likeness (QED) is 0.673. The minimum atomic E-state index is 0.284. The van der Waals surface area contributed by atoms with E-state index in [2.05, 4.69) is 31.3 Å². The van der Waals surface area contributed by atoms with Gasteiger partial charge in [-0.15, -0.1) is 0 Å². The molecule has 0 fully saturated rings. The van der Waals surface area contributed by atoms with Crippen LogP contribution >= 0.6 is 11.6 Å². The molecule has 0 aliphatic carbocycles. The molecule has 1 atom stereocenters. The van der Waals surface area contributed by atoms with Gasteiger partial charge in [0.2, 0.25) is 0 Å². The van der Waals surface area contributed by atoms with Crippen molar-refractivity contribution in [3.8, 4) is 0 Å². The van der Waals surface area contributed by atoms with E-state index in [0.29, 0.717) is 19.8 Å². The first-order valence-electron chi connectivity index (χ1n) is 7.22. The lowest BCUT2D eigenvalue weighted by Crippen LogP contribution is -2.36. The molecule has 0 aliphatic heterocycles. The molecule has 0 saturated heterocycles. The van der Waals surface area contributed by atoms with Crippen molar-refractivity contribution in [2.24, 2.45) is 0 Å². The zero-order chi connectivity index (χ0) is 14.8. The van der Waals surface area contributed by atoms with Gasteiger partial charge in [0.25, 0.3) is 0 Å². The second-order valence-corrected chi connectivity index (χ2v) is 5.42. The van der Waals surface area contributed by atoms with E-state index in [1.54, 1.807) is 7.11 Å². The monoisotopic (exact) mass is 299 g/mol. The highest BCUT2D eigenvalue weighted by molar-refractivity contribution is 6.31. The van der Waals surface area contributed by atoms with Gasteiger partial charge < -0.3 is 14.8 Å². The van der Waals surface area contributed by atoms with E-state index in [4.69, 9.17) is 21.1 Å². The van der Waals surface area contributed by atoms with Crippen LogP contribution in [0.15, 0.2) is 18.2 Å². The predicted molar refractivity (Wildman–Crippen MR) is 84.7 cm³/mol. The van der Waals surface area contributed by atoms with Crippen LogP contribution in [-0.2, 0) is 15.9 Å². The smallest absolute Gasteiger partial charge is 0.0701 e. The summed E-state index contributed by atoms with van der Waals surface area (Å²) in [6.07, 6.45) is 1.99. The lowest BCUT2D eigenvalue weighted by Gasteiger charge is -2.19. The molecule has 3 nitrogen and oxygen atoms in total. The summed E-state index contributed by atoms with van der Waals surface area (Å²) in [7, 11) is 1.68. The SMILES string of the molecule is CCCNC(COCCOC)Cc1ccc(C)cc1Cl. The first-order chi connectivity index (χ1) is 9.67. The molecule has 1 unspecified atom stereocenters. The van der Waals surface area contributed by atoms with Gasteiger partial charge in [-0.1, -0.05) is 30.7 Å². The number of methoxy groups -OCH3 is 1. The molecule has 1 N–H and O–H groups in total. The summed E-state index contributed by atoms with van der Waals surface area (Å²) in [6.45, 7) is 7.13. The topological polar surface area (TPSA) is 30.5 Å². The third kappa shape index (κ3) is 6.71. The highest BCUT2D eigenvalue weighted by Crippen LogP contribution is 2.19. The fourth-order valence-corrected chi connectivity index (χ4v) is 2.30. The van der Waals surface area contributed by atoms with Crippen LogP contribution in [-0.4, -0.2) is 39.5 Å². The Labute approximate surface area is 127 Å². The molecular weight excluding hydrogens is 274 g/mol. The molecule has 0 radical (unpaired) electrons. The molecule has 114 valence electrons. The second kappa shape index (κ2) is 10.2. The maximum atomic E-state index is 6.30. The van der Waals surface area contributed by atoms with Crippen LogP contribution in [0.1, 0.15) is 24.5 Å². The van der Waals surface area contributed by atoms with E-state index in [0.717, 1.165) is 24.4 Å². The van der Waals surface area contributed by atoms with Crippen molar-refractivity contribution in [1.82, 2.24) is 5.32 Å². The first kappa shape index (κ1) is 17.4. The van der Waals surface area contributed by atoms with Gasteiger partial charge in [0.05, 0.1) is 19.8 Å². The Morgan fingerprint density at radius 2 is 2.10 bits per heavy atom. The summed E-state index contributed by atoms with van der Waals surface area (Å²) in [6, 6.07) is 6.50. The molecule has 0 saturated carbocycles. The van der Waals surface area contributed by atoms with Crippen molar-refractivity contribution in [3.63, 3.8) is 0 Å². The molecule has 0 aromatic heterocycles. The Morgan fingerprint density at radius 1 is 1.30 bits per heavy atom. The maximum Gasteiger partial charge on any atom is 0.0701 e. The second-order valence-electron chi connectivity index (χ2n) is 5.02. The van der Waals surface area contributed by atoms with Gasteiger partial charge >= 0.3 is 0 Å². The number of hydrogen-bond acceptors (Lipinski definition) is 3. The molecule has 0 spiro atoms. The van der Waals surface area contributed by atoms with Gasteiger partial charge in [0.1, 0.15) is 0 Å². The number of hydrogen-bond donors (Lipinski definition) is 1. The zero-order valence-electron chi connectivity index (χ0n) is 12.7. The number of nitrogens with one attached hydrogen (secondary N) is 1. The number of ether oxygens (including phenoxy) is 2. The van der Waals surface area contributed by atoms with Gasteiger partial charge in [0.15, 0.2) is 0 Å². The van der Waals surface area contributed by atoms with Crippen molar-refractivity contribution in [3.05, 3.63) is 34.3 Å². The summed E-state index contributed by atoms with van der Waals surface area (Å²) in [4.78, 5) is 0. The molecule has 0 bridgehead atoms. The third-order valence-corrected chi connectivity index (χ3v) is 3.46. The van der Waals surface area contributed by atoms with E-state index in [9.17, 15) is 0 Å². The summed E-state index contributed by atoms with van der Waals surface area (Å²) in [5, 5.41) is 4.35. The summed E-state index contributed by atoms with van der Waals surface area (Å²) in [5.41, 5.74) is 2.36. The van der Waals surface area contributed by atoms with E-state index < -0.39 is 0 Å². The van der Waals surface area contributed by atoms with Crippen molar-refractivity contribution in [1.29, 1.82) is 0 Å². The average molecular weight is 300 g/mol. The van der Waals surface area contributed by atoms with Gasteiger partial charge in [-0.2, -0.15) is 0 Å². The number of benzene rings is 1. The molecule has 0 aliphatic rings. The Morgan fingerprint density at radius 3 is 2.75 bits per heavy atom. The van der Waals surface area contributed by atoms with Gasteiger partial charge in [0, 0.05) is 18.2 Å². The molecule has 1 aromatic carbocycles. The third-order valence-electron chi connectivity index (χ3n) is 3.11. The van der Waals surface area contributed by atoms with E-state index in [-0.39, 0.29) is 6.04 Å². The molecule has 1 rings (SSSR count). The minimum absolute atomic E-state index is 0.284. The molecule has 20 heavy (non-hydrogen) atoms. The fraction of sp³-hybridized carbons (Fsp3) is 0.625. The van der Waals surface area contributed by atoms with Crippen molar-refractivity contribution in [2.45, 2.75) is 32.7 Å². The summed E-state index contributed by atoms with van der Waals surface area (Å²) >= 11 is 6.30. The van der Waals surface area contributed by atoms with Gasteiger partial charge in [-0.05, 0) is 43.5 Å². The van der Waals surface area contributed by atoms with Crippen LogP contribution in [0.3, 0.4) is 0 Å². The zero-order valence-corrected chi connectivity index (χ0v) is 13.5. The van der Waals surface area contributed by atoms with Crippen LogP contribution in [0.5, 0.6) is 0 Å². The Kier molecular flexibility index (Phi) is 8.86. The lowest BCUT2D eigenvalue weighted by atomic mass is 10.0. The number of aryl methyl sites for hydroxylation is 1. The Hall–Kier alpha value is -0.610. The molecule has 1 aromatic rings. The van der Waals surface area contributed by atoms with Crippen LogP contribution in [0.4, 0.5) is 0 Å². The maximum absolute atomic E-state index is 6.30. The highest BCUT2D eigenvalue weighted by Gasteiger charge is 2.11. The normalized spacial score (nSPS) is 12.6. The molecule has 0 heterocycles. The molecule has 4 heteroatoms.